The normalized spacial score (nSPS) is 17.8. The number of thiazole rings is 1. The van der Waals surface area contributed by atoms with Gasteiger partial charge in [0.1, 0.15) is 9.94 Å². The predicted molar refractivity (Wildman–Crippen MR) is 73.9 cm³/mol. The number of nitrogens with zero attached hydrogens (tertiary/aromatic N) is 1. The highest BCUT2D eigenvalue weighted by atomic mass is 32.2. The molecule has 1 aromatic heterocycles. The molecular weight excluding hydrogens is 268 g/mol. The fraction of sp³-hybridized carbons (Fsp3) is 0.667. The van der Waals surface area contributed by atoms with Crippen LogP contribution in [-0.4, -0.2) is 33.9 Å². The molecule has 0 atom stereocenters. The molecule has 1 fully saturated rings. The molecule has 2 N–H and O–H groups in total. The number of amides is 1. The summed E-state index contributed by atoms with van der Waals surface area (Å²) in [6.45, 7) is 0.625. The highest BCUT2D eigenvalue weighted by Gasteiger charge is 2.38. The van der Waals surface area contributed by atoms with Gasteiger partial charge in [-0.2, -0.15) is 0 Å². The molecule has 0 unspecified atom stereocenters. The van der Waals surface area contributed by atoms with Crippen LogP contribution < -0.4 is 5.32 Å². The van der Waals surface area contributed by atoms with E-state index in [4.69, 9.17) is 0 Å². The highest BCUT2D eigenvalue weighted by molar-refractivity contribution is 8.00. The van der Waals surface area contributed by atoms with E-state index < -0.39 is 5.60 Å². The van der Waals surface area contributed by atoms with Crippen molar-refractivity contribution in [2.75, 3.05) is 12.3 Å². The zero-order valence-corrected chi connectivity index (χ0v) is 11.9. The van der Waals surface area contributed by atoms with Gasteiger partial charge < -0.3 is 10.4 Å². The van der Waals surface area contributed by atoms with Gasteiger partial charge in [0.05, 0.1) is 0 Å². The van der Waals surface area contributed by atoms with Crippen molar-refractivity contribution < 1.29 is 9.90 Å². The average Bonchev–Trinajstić information content (AvgIpc) is 3.00. The molecule has 100 valence electrons. The maximum absolute atomic E-state index is 11.8. The minimum absolute atomic E-state index is 0.195. The second-order valence-electron chi connectivity index (χ2n) is 4.49. The second kappa shape index (κ2) is 6.54. The summed E-state index contributed by atoms with van der Waals surface area (Å²) in [5.41, 5.74) is -1.09. The fourth-order valence-electron chi connectivity index (χ4n) is 2.07. The molecule has 1 heterocycles. The Labute approximate surface area is 115 Å². The van der Waals surface area contributed by atoms with Crippen LogP contribution in [0.3, 0.4) is 0 Å². The van der Waals surface area contributed by atoms with Crippen molar-refractivity contribution in [1.29, 1.82) is 0 Å². The number of aliphatic hydroxyl groups is 1. The average molecular weight is 286 g/mol. The van der Waals surface area contributed by atoms with Gasteiger partial charge in [-0.25, -0.2) is 4.98 Å². The van der Waals surface area contributed by atoms with Gasteiger partial charge in [-0.3, -0.25) is 4.79 Å². The molecule has 0 aliphatic heterocycles. The summed E-state index contributed by atoms with van der Waals surface area (Å²) < 4.78 is 1.07. The molecule has 1 amide bonds. The molecule has 1 aliphatic carbocycles. The monoisotopic (exact) mass is 286 g/mol. The smallest absolute Gasteiger partial charge is 0.251 e. The number of carbonyl (C=O) groups excluding carboxylic acids is 1. The summed E-state index contributed by atoms with van der Waals surface area (Å²) in [5, 5.41) is 14.8. The van der Waals surface area contributed by atoms with E-state index in [2.05, 4.69) is 10.3 Å². The number of carbonyl (C=O) groups is 1. The minimum atomic E-state index is -1.09. The molecule has 2 rings (SSSR count). The molecular formula is C12H18N2O2S2. The third kappa shape index (κ3) is 3.70. The van der Waals surface area contributed by atoms with E-state index >= 15 is 0 Å². The molecule has 0 bridgehead atoms. The Morgan fingerprint density at radius 2 is 2.33 bits per heavy atom. The molecule has 0 radical (unpaired) electrons. The Morgan fingerprint density at radius 3 is 3.00 bits per heavy atom. The van der Waals surface area contributed by atoms with Crippen molar-refractivity contribution in [3.8, 4) is 0 Å². The van der Waals surface area contributed by atoms with Gasteiger partial charge in [0.15, 0.2) is 0 Å². The maximum atomic E-state index is 11.8. The molecule has 18 heavy (non-hydrogen) atoms. The van der Waals surface area contributed by atoms with Crippen LogP contribution in [-0.2, 0) is 4.79 Å². The summed E-state index contributed by atoms with van der Waals surface area (Å²) >= 11 is 3.34. The summed E-state index contributed by atoms with van der Waals surface area (Å²) in [6, 6.07) is 0. The molecule has 6 heteroatoms. The number of nitrogens with one attached hydrogen (secondary N) is 1. The number of hydrogen-bond donors (Lipinski definition) is 2. The summed E-state index contributed by atoms with van der Waals surface area (Å²) in [6.07, 6.45) is 5.80. The lowest BCUT2D eigenvalue weighted by molar-refractivity contribution is -0.139. The fourth-order valence-corrected chi connectivity index (χ4v) is 3.71. The number of thioether (sulfide) groups is 1. The second-order valence-corrected chi connectivity index (χ2v) is 6.73. The third-order valence-electron chi connectivity index (χ3n) is 3.10. The van der Waals surface area contributed by atoms with Gasteiger partial charge in [-0.1, -0.05) is 11.8 Å². The van der Waals surface area contributed by atoms with Gasteiger partial charge in [0.2, 0.25) is 0 Å². The van der Waals surface area contributed by atoms with Crippen LogP contribution in [0.2, 0.25) is 0 Å². The SMILES string of the molecule is O=C(NCCCSc1nccs1)C1(O)CCCC1. The van der Waals surface area contributed by atoms with Crippen LogP contribution >= 0.6 is 23.1 Å². The van der Waals surface area contributed by atoms with Gasteiger partial charge in [0.25, 0.3) is 5.91 Å². The maximum Gasteiger partial charge on any atom is 0.251 e. The lowest BCUT2D eigenvalue weighted by Crippen LogP contribution is -2.45. The standard InChI is InChI=1S/C12H18N2O2S2/c15-10(12(16)4-1-2-5-12)13-6-3-8-17-11-14-7-9-18-11/h7,9,16H,1-6,8H2,(H,13,15). The van der Waals surface area contributed by atoms with Crippen molar-refractivity contribution in [3.63, 3.8) is 0 Å². The first-order valence-electron chi connectivity index (χ1n) is 6.24. The van der Waals surface area contributed by atoms with E-state index in [0.717, 1.165) is 29.4 Å². The lowest BCUT2D eigenvalue weighted by atomic mass is 10.0. The van der Waals surface area contributed by atoms with Crippen LogP contribution in [0.25, 0.3) is 0 Å². The lowest BCUT2D eigenvalue weighted by Gasteiger charge is -2.20. The van der Waals surface area contributed by atoms with Crippen molar-refractivity contribution >= 4 is 29.0 Å². The Kier molecular flexibility index (Phi) is 5.03. The molecule has 1 aliphatic rings. The van der Waals surface area contributed by atoms with E-state index in [1.165, 1.54) is 0 Å². The first-order valence-corrected chi connectivity index (χ1v) is 8.10. The van der Waals surface area contributed by atoms with E-state index in [1.54, 1.807) is 29.3 Å². The molecule has 0 spiro atoms. The van der Waals surface area contributed by atoms with E-state index in [1.807, 2.05) is 5.38 Å². The topological polar surface area (TPSA) is 62.2 Å². The van der Waals surface area contributed by atoms with Crippen molar-refractivity contribution in [1.82, 2.24) is 10.3 Å². The zero-order valence-electron chi connectivity index (χ0n) is 10.2. The van der Waals surface area contributed by atoms with Gasteiger partial charge >= 0.3 is 0 Å². The Balaban J connectivity index is 1.59. The number of aromatic nitrogens is 1. The molecule has 1 aromatic rings. The Hall–Kier alpha value is -0.590. The molecule has 4 nitrogen and oxygen atoms in total. The highest BCUT2D eigenvalue weighted by Crippen LogP contribution is 2.29. The number of rotatable bonds is 6. The molecule has 0 aromatic carbocycles. The van der Waals surface area contributed by atoms with Crippen molar-refractivity contribution in [2.24, 2.45) is 0 Å². The zero-order chi connectivity index (χ0) is 12.8. The van der Waals surface area contributed by atoms with E-state index in [0.29, 0.717) is 19.4 Å². The predicted octanol–water partition coefficient (Wildman–Crippen LogP) is 2.05. The molecule has 0 saturated heterocycles. The third-order valence-corrected chi connectivity index (χ3v) is 5.15. The quantitative estimate of drug-likeness (QED) is 0.620. The minimum Gasteiger partial charge on any atom is -0.380 e. The summed E-state index contributed by atoms with van der Waals surface area (Å²) in [7, 11) is 0. The first-order chi connectivity index (χ1) is 8.71. The number of hydrogen-bond acceptors (Lipinski definition) is 5. The Bertz CT molecular complexity index is 375. The Morgan fingerprint density at radius 1 is 1.56 bits per heavy atom. The van der Waals surface area contributed by atoms with E-state index in [-0.39, 0.29) is 5.91 Å². The first kappa shape index (κ1) is 13.8. The summed E-state index contributed by atoms with van der Waals surface area (Å²) in [4.78, 5) is 16.0. The summed E-state index contributed by atoms with van der Waals surface area (Å²) in [5.74, 6) is 0.742. The van der Waals surface area contributed by atoms with Crippen molar-refractivity contribution in [2.45, 2.75) is 42.0 Å². The van der Waals surface area contributed by atoms with Crippen molar-refractivity contribution in [3.05, 3.63) is 11.6 Å². The molecule has 1 saturated carbocycles. The van der Waals surface area contributed by atoms with Gasteiger partial charge in [0, 0.05) is 23.9 Å². The largest absolute Gasteiger partial charge is 0.380 e. The van der Waals surface area contributed by atoms with Crippen LogP contribution in [0.15, 0.2) is 15.9 Å². The van der Waals surface area contributed by atoms with Crippen LogP contribution in [0.5, 0.6) is 0 Å². The van der Waals surface area contributed by atoms with Crippen LogP contribution in [0.1, 0.15) is 32.1 Å². The van der Waals surface area contributed by atoms with Gasteiger partial charge in [-0.05, 0) is 32.1 Å². The van der Waals surface area contributed by atoms with E-state index in [9.17, 15) is 9.90 Å². The van der Waals surface area contributed by atoms with Gasteiger partial charge in [-0.15, -0.1) is 11.3 Å². The van der Waals surface area contributed by atoms with Crippen LogP contribution in [0.4, 0.5) is 0 Å². The van der Waals surface area contributed by atoms with Crippen LogP contribution in [0, 0.1) is 0 Å².